The van der Waals surface area contributed by atoms with Crippen molar-refractivity contribution in [3.63, 3.8) is 0 Å². The smallest absolute Gasteiger partial charge is 0.406 e. The minimum Gasteiger partial charge on any atom is -0.406 e. The van der Waals surface area contributed by atoms with Crippen LogP contribution in [0.15, 0.2) is 53.9 Å². The van der Waals surface area contributed by atoms with Crippen LogP contribution in [0.3, 0.4) is 0 Å². The third-order valence-electron chi connectivity index (χ3n) is 3.45. The quantitative estimate of drug-likeness (QED) is 0.619. The largest absolute Gasteiger partial charge is 0.573 e. The number of hydrogen-bond donors (Lipinski definition) is 1. The summed E-state index contributed by atoms with van der Waals surface area (Å²) >= 11 is 7.05. The summed E-state index contributed by atoms with van der Waals surface area (Å²) in [4.78, 5) is 16.5. The molecule has 1 N–H and O–H groups in total. The highest BCUT2D eigenvalue weighted by atomic mass is 35.5. The van der Waals surface area contributed by atoms with Crippen molar-refractivity contribution < 1.29 is 22.7 Å². The van der Waals surface area contributed by atoms with E-state index in [9.17, 15) is 18.0 Å². The van der Waals surface area contributed by atoms with Gasteiger partial charge in [0.15, 0.2) is 5.01 Å². The predicted octanol–water partition coefficient (Wildman–Crippen LogP) is 5.29. The fourth-order valence-corrected chi connectivity index (χ4v) is 3.07. The van der Waals surface area contributed by atoms with Gasteiger partial charge in [-0.3, -0.25) is 4.79 Å². The SMILES string of the molecule is O=C(NCc1ccc(OC(F)(F)F)cc1)c1nc(-c2ccc(Cl)cc2)cs1. The molecule has 4 nitrogen and oxygen atoms in total. The fraction of sp³-hybridized carbons (Fsp3) is 0.111. The Bertz CT molecular complexity index is 925. The maximum absolute atomic E-state index is 12.2. The minimum atomic E-state index is -4.73. The molecule has 0 aliphatic heterocycles. The highest BCUT2D eigenvalue weighted by Crippen LogP contribution is 2.24. The first-order chi connectivity index (χ1) is 12.8. The summed E-state index contributed by atoms with van der Waals surface area (Å²) in [6.45, 7) is 0.154. The molecule has 0 radical (unpaired) electrons. The van der Waals surface area contributed by atoms with Crippen LogP contribution in [0.4, 0.5) is 13.2 Å². The van der Waals surface area contributed by atoms with Crippen LogP contribution in [-0.2, 0) is 6.54 Å². The van der Waals surface area contributed by atoms with E-state index in [-0.39, 0.29) is 23.2 Å². The Hall–Kier alpha value is -2.58. The van der Waals surface area contributed by atoms with Gasteiger partial charge in [0.1, 0.15) is 5.75 Å². The zero-order valence-electron chi connectivity index (χ0n) is 13.6. The van der Waals surface area contributed by atoms with Crippen LogP contribution < -0.4 is 10.1 Å². The highest BCUT2D eigenvalue weighted by molar-refractivity contribution is 7.12. The number of thiazole rings is 1. The van der Waals surface area contributed by atoms with Gasteiger partial charge in [0.2, 0.25) is 0 Å². The summed E-state index contributed by atoms with van der Waals surface area (Å²) < 4.78 is 40.2. The highest BCUT2D eigenvalue weighted by Gasteiger charge is 2.30. The Morgan fingerprint density at radius 1 is 1.11 bits per heavy atom. The molecule has 0 aliphatic carbocycles. The molecule has 0 fully saturated rings. The third kappa shape index (κ3) is 5.45. The van der Waals surface area contributed by atoms with E-state index in [1.165, 1.54) is 35.6 Å². The molecule has 27 heavy (non-hydrogen) atoms. The van der Waals surface area contributed by atoms with Crippen LogP contribution in [-0.4, -0.2) is 17.3 Å². The van der Waals surface area contributed by atoms with E-state index < -0.39 is 6.36 Å². The summed E-state index contributed by atoms with van der Waals surface area (Å²) in [6.07, 6.45) is -4.73. The van der Waals surface area contributed by atoms with E-state index >= 15 is 0 Å². The number of ether oxygens (including phenoxy) is 1. The number of rotatable bonds is 5. The van der Waals surface area contributed by atoms with Gasteiger partial charge in [0.05, 0.1) is 5.69 Å². The topological polar surface area (TPSA) is 51.2 Å². The van der Waals surface area contributed by atoms with Crippen molar-refractivity contribution in [3.05, 3.63) is 69.5 Å². The number of benzene rings is 2. The van der Waals surface area contributed by atoms with Crippen LogP contribution in [0.1, 0.15) is 15.4 Å². The van der Waals surface area contributed by atoms with Gasteiger partial charge >= 0.3 is 6.36 Å². The second-order valence-corrected chi connectivity index (χ2v) is 6.71. The lowest BCUT2D eigenvalue weighted by atomic mass is 10.2. The van der Waals surface area contributed by atoms with Crippen molar-refractivity contribution in [2.45, 2.75) is 12.9 Å². The summed E-state index contributed by atoms with van der Waals surface area (Å²) in [6, 6.07) is 12.4. The summed E-state index contributed by atoms with van der Waals surface area (Å²) in [7, 11) is 0. The summed E-state index contributed by atoms with van der Waals surface area (Å²) in [5, 5.41) is 5.35. The van der Waals surface area contributed by atoms with E-state index in [4.69, 9.17) is 11.6 Å². The van der Waals surface area contributed by atoms with Gasteiger partial charge in [-0.25, -0.2) is 4.98 Å². The monoisotopic (exact) mass is 412 g/mol. The maximum atomic E-state index is 12.2. The van der Waals surface area contributed by atoms with Crippen LogP contribution in [0.2, 0.25) is 5.02 Å². The number of carbonyl (C=O) groups is 1. The maximum Gasteiger partial charge on any atom is 0.573 e. The molecular formula is C18H12ClF3N2O2S. The van der Waals surface area contributed by atoms with Crippen molar-refractivity contribution in [1.82, 2.24) is 10.3 Å². The van der Waals surface area contributed by atoms with Crippen LogP contribution in [0.25, 0.3) is 11.3 Å². The van der Waals surface area contributed by atoms with E-state index in [0.717, 1.165) is 5.56 Å². The molecule has 9 heteroatoms. The van der Waals surface area contributed by atoms with Gasteiger partial charge in [-0.1, -0.05) is 35.9 Å². The van der Waals surface area contributed by atoms with Gasteiger partial charge in [-0.2, -0.15) is 0 Å². The Kier molecular flexibility index (Phi) is 5.67. The standard InChI is InChI=1S/C18H12ClF3N2O2S/c19-13-5-3-12(4-6-13)15-10-27-17(24-15)16(25)23-9-11-1-7-14(8-2-11)26-18(20,21)22/h1-8,10H,9H2,(H,23,25). The van der Waals surface area contributed by atoms with Gasteiger partial charge in [-0.05, 0) is 29.8 Å². The fourth-order valence-electron chi connectivity index (χ4n) is 2.20. The van der Waals surface area contributed by atoms with Gasteiger partial charge in [0.25, 0.3) is 5.91 Å². The first kappa shape index (κ1) is 19.2. The molecule has 3 rings (SSSR count). The molecule has 2 aromatic carbocycles. The Balaban J connectivity index is 1.59. The molecule has 1 heterocycles. The minimum absolute atomic E-state index is 0.154. The summed E-state index contributed by atoms with van der Waals surface area (Å²) in [5.41, 5.74) is 2.14. The van der Waals surface area contributed by atoms with Crippen molar-refractivity contribution >= 4 is 28.8 Å². The molecule has 140 valence electrons. The number of aromatic nitrogens is 1. The number of nitrogens with one attached hydrogen (secondary N) is 1. The number of hydrogen-bond acceptors (Lipinski definition) is 4. The number of halogens is 4. The van der Waals surface area contributed by atoms with E-state index in [0.29, 0.717) is 16.3 Å². The van der Waals surface area contributed by atoms with E-state index in [1.54, 1.807) is 17.5 Å². The van der Waals surface area contributed by atoms with Crippen LogP contribution in [0.5, 0.6) is 5.75 Å². The van der Waals surface area contributed by atoms with Gasteiger partial charge in [-0.15, -0.1) is 24.5 Å². The van der Waals surface area contributed by atoms with Crippen molar-refractivity contribution in [3.8, 4) is 17.0 Å². The first-order valence-electron chi connectivity index (χ1n) is 7.64. The van der Waals surface area contributed by atoms with Gasteiger partial charge in [0, 0.05) is 22.5 Å². The average molecular weight is 413 g/mol. The van der Waals surface area contributed by atoms with Crippen molar-refractivity contribution in [2.75, 3.05) is 0 Å². The predicted molar refractivity (Wildman–Crippen MR) is 96.9 cm³/mol. The lowest BCUT2D eigenvalue weighted by Gasteiger charge is -2.09. The molecule has 3 aromatic rings. The molecule has 0 atom stereocenters. The lowest BCUT2D eigenvalue weighted by Crippen LogP contribution is -2.22. The molecule has 0 unspecified atom stereocenters. The molecule has 0 spiro atoms. The molecular weight excluding hydrogens is 401 g/mol. The Morgan fingerprint density at radius 2 is 1.78 bits per heavy atom. The number of alkyl halides is 3. The first-order valence-corrected chi connectivity index (χ1v) is 8.90. The molecule has 0 saturated heterocycles. The number of amides is 1. The number of carbonyl (C=O) groups excluding carboxylic acids is 1. The second kappa shape index (κ2) is 7.98. The van der Waals surface area contributed by atoms with Gasteiger partial charge < -0.3 is 10.1 Å². The zero-order valence-corrected chi connectivity index (χ0v) is 15.2. The molecule has 1 amide bonds. The van der Waals surface area contributed by atoms with Crippen molar-refractivity contribution in [1.29, 1.82) is 0 Å². The van der Waals surface area contributed by atoms with E-state index in [2.05, 4.69) is 15.0 Å². The normalized spacial score (nSPS) is 11.3. The molecule has 0 saturated carbocycles. The molecule has 0 aliphatic rings. The second-order valence-electron chi connectivity index (χ2n) is 5.42. The van der Waals surface area contributed by atoms with Crippen molar-refractivity contribution in [2.24, 2.45) is 0 Å². The Labute approximate surface area is 161 Å². The Morgan fingerprint density at radius 3 is 2.41 bits per heavy atom. The van der Waals surface area contributed by atoms with Crippen LogP contribution in [0, 0.1) is 0 Å². The third-order valence-corrected chi connectivity index (χ3v) is 4.54. The molecule has 0 bridgehead atoms. The zero-order chi connectivity index (χ0) is 19.4. The summed E-state index contributed by atoms with van der Waals surface area (Å²) in [5.74, 6) is -0.680. The van der Waals surface area contributed by atoms with Crippen LogP contribution >= 0.6 is 22.9 Å². The average Bonchev–Trinajstić information content (AvgIpc) is 3.10. The number of nitrogens with zero attached hydrogens (tertiary/aromatic N) is 1. The lowest BCUT2D eigenvalue weighted by molar-refractivity contribution is -0.274. The van der Waals surface area contributed by atoms with E-state index in [1.807, 2.05) is 12.1 Å². The molecule has 1 aromatic heterocycles.